The molecule has 0 aromatic heterocycles. The number of rotatable bonds is 7. The van der Waals surface area contributed by atoms with Gasteiger partial charge < -0.3 is 14.4 Å². The van der Waals surface area contributed by atoms with Gasteiger partial charge in [0, 0.05) is 30.3 Å². The van der Waals surface area contributed by atoms with Crippen LogP contribution in [0.2, 0.25) is 0 Å². The molecule has 0 aliphatic carbocycles. The van der Waals surface area contributed by atoms with Crippen LogP contribution in [-0.2, 0) is 20.7 Å². The molecule has 0 bridgehead atoms. The second kappa shape index (κ2) is 11.2. The molecule has 1 aliphatic heterocycles. The number of sulfonamides is 1. The van der Waals surface area contributed by atoms with Gasteiger partial charge in [0.2, 0.25) is 10.0 Å². The Balaban J connectivity index is 1.89. The minimum absolute atomic E-state index is 0.143. The molecule has 1 heterocycles. The zero-order valence-electron chi connectivity index (χ0n) is 21.3. The molecule has 1 saturated heterocycles. The van der Waals surface area contributed by atoms with Crippen LogP contribution in [-0.4, -0.2) is 57.2 Å². The first-order chi connectivity index (χ1) is 17.9. The Bertz CT molecular complexity index is 1290. The molecule has 2 aromatic rings. The summed E-state index contributed by atoms with van der Waals surface area (Å²) in [5.41, 5.74) is -2.43. The summed E-state index contributed by atoms with van der Waals surface area (Å²) in [5.74, 6) is -4.97. The highest BCUT2D eigenvalue weighted by atomic mass is 32.2. The predicted octanol–water partition coefficient (Wildman–Crippen LogP) is 5.99. The van der Waals surface area contributed by atoms with Gasteiger partial charge in [-0.1, -0.05) is 24.3 Å². The van der Waals surface area contributed by atoms with Crippen LogP contribution in [0.25, 0.3) is 11.1 Å². The molecule has 14 heteroatoms. The summed E-state index contributed by atoms with van der Waals surface area (Å²) in [6, 6.07) is 6.44. The highest BCUT2D eigenvalue weighted by Crippen LogP contribution is 2.39. The maximum Gasteiger partial charge on any atom is 0.573 e. The molecule has 0 atom stereocenters. The largest absolute Gasteiger partial charge is 0.573 e. The van der Waals surface area contributed by atoms with Gasteiger partial charge in [-0.15, -0.1) is 13.2 Å². The molecule has 0 unspecified atom stereocenters. The molecule has 0 saturated carbocycles. The quantitative estimate of drug-likeness (QED) is 0.406. The number of nitrogens with one attached hydrogen (secondary N) is 1. The fourth-order valence-electron chi connectivity index (χ4n) is 4.00. The van der Waals surface area contributed by atoms with Crippen LogP contribution in [0.1, 0.15) is 39.2 Å². The lowest BCUT2D eigenvalue weighted by atomic mass is 9.99. The monoisotopic (exact) mass is 582 g/mol. The van der Waals surface area contributed by atoms with E-state index in [-0.39, 0.29) is 37.1 Å². The van der Waals surface area contributed by atoms with Gasteiger partial charge in [-0.2, -0.15) is 8.78 Å². The number of ether oxygens (including phenoxy) is 2. The van der Waals surface area contributed by atoms with Crippen molar-refractivity contribution in [2.75, 3.05) is 19.8 Å². The highest BCUT2D eigenvalue weighted by Gasteiger charge is 2.39. The number of carbonyl (C=O) groups excluding carboxylic acids is 1. The van der Waals surface area contributed by atoms with Crippen molar-refractivity contribution >= 4 is 16.1 Å². The van der Waals surface area contributed by atoms with E-state index in [1.165, 1.54) is 23.1 Å². The van der Waals surface area contributed by atoms with Crippen molar-refractivity contribution in [2.45, 2.75) is 62.4 Å². The number of carbonyl (C=O) groups is 1. The third-order valence-electron chi connectivity index (χ3n) is 5.72. The Hall–Kier alpha value is -3.00. The first-order valence-electron chi connectivity index (χ1n) is 11.9. The third kappa shape index (κ3) is 8.01. The molecule has 216 valence electrons. The average Bonchev–Trinajstić information content (AvgIpc) is 2.82. The number of para-hydroxylation sites is 1. The summed E-state index contributed by atoms with van der Waals surface area (Å²) >= 11 is 0. The Morgan fingerprint density at radius 1 is 1.03 bits per heavy atom. The van der Waals surface area contributed by atoms with E-state index in [0.717, 1.165) is 18.2 Å². The van der Waals surface area contributed by atoms with Crippen LogP contribution < -0.4 is 9.46 Å². The Kier molecular flexibility index (Phi) is 8.80. The number of likely N-dealkylation sites (tertiary alicyclic amines) is 1. The number of hydrogen-bond donors (Lipinski definition) is 1. The van der Waals surface area contributed by atoms with Gasteiger partial charge >= 0.3 is 18.4 Å². The number of benzene rings is 2. The van der Waals surface area contributed by atoms with Crippen molar-refractivity contribution in [2.24, 2.45) is 0 Å². The van der Waals surface area contributed by atoms with Crippen LogP contribution in [0.5, 0.6) is 5.75 Å². The maximum atomic E-state index is 14.7. The van der Waals surface area contributed by atoms with Crippen LogP contribution in [0.3, 0.4) is 0 Å². The van der Waals surface area contributed by atoms with Gasteiger partial charge in [0.15, 0.2) is 6.67 Å². The average molecular weight is 583 g/mol. The molecule has 1 amide bonds. The minimum Gasteiger partial charge on any atom is -0.444 e. The molecule has 1 fully saturated rings. The van der Waals surface area contributed by atoms with Crippen LogP contribution in [0.4, 0.5) is 31.1 Å². The SMILES string of the molecule is CC(C)(C)OC(=O)N1CCC(NS(=O)(=O)c2ccc(-c3ccccc3OC(F)(F)F)cc2C(F)(F)CF)CC1. The standard InChI is InChI=1S/C25H28F6N2O5S/c1-23(2,3)38-22(34)33-12-10-17(11-13-33)32-39(35,36)21-9-8-16(14-19(21)24(27,28)15-26)18-6-4-5-7-20(18)37-25(29,30)31/h4-9,14,17,32H,10-13,15H2,1-3H3. The Labute approximate surface area is 222 Å². The molecular formula is C25H28F6N2O5S. The lowest BCUT2D eigenvalue weighted by Gasteiger charge is -2.33. The van der Waals surface area contributed by atoms with Gasteiger partial charge in [-0.25, -0.2) is 22.3 Å². The summed E-state index contributed by atoms with van der Waals surface area (Å²) in [6.45, 7) is 3.14. The van der Waals surface area contributed by atoms with Crippen molar-refractivity contribution in [1.82, 2.24) is 9.62 Å². The first kappa shape index (κ1) is 30.5. The van der Waals surface area contributed by atoms with Gasteiger partial charge in [-0.05, 0) is 57.4 Å². The van der Waals surface area contributed by atoms with E-state index in [9.17, 15) is 39.6 Å². The normalized spacial score (nSPS) is 15.8. The molecule has 2 aromatic carbocycles. The van der Waals surface area contributed by atoms with Gasteiger partial charge in [0.25, 0.3) is 0 Å². The highest BCUT2D eigenvalue weighted by molar-refractivity contribution is 7.89. The van der Waals surface area contributed by atoms with E-state index >= 15 is 0 Å². The second-order valence-electron chi connectivity index (χ2n) is 9.96. The Morgan fingerprint density at radius 2 is 1.64 bits per heavy atom. The molecule has 39 heavy (non-hydrogen) atoms. The smallest absolute Gasteiger partial charge is 0.444 e. The van der Waals surface area contributed by atoms with Crippen molar-refractivity contribution in [1.29, 1.82) is 0 Å². The van der Waals surface area contributed by atoms with E-state index in [4.69, 9.17) is 4.74 Å². The van der Waals surface area contributed by atoms with Gasteiger partial charge in [-0.3, -0.25) is 0 Å². The van der Waals surface area contributed by atoms with Crippen molar-refractivity contribution in [3.63, 3.8) is 0 Å². The molecule has 1 aliphatic rings. The second-order valence-corrected chi connectivity index (χ2v) is 11.6. The fraction of sp³-hybridized carbons (Fsp3) is 0.480. The molecule has 7 nitrogen and oxygen atoms in total. The predicted molar refractivity (Wildman–Crippen MR) is 130 cm³/mol. The summed E-state index contributed by atoms with van der Waals surface area (Å²) < 4.78 is 119. The summed E-state index contributed by atoms with van der Waals surface area (Å²) in [5, 5.41) is 0. The lowest BCUT2D eigenvalue weighted by molar-refractivity contribution is -0.274. The fourth-order valence-corrected chi connectivity index (χ4v) is 5.54. The zero-order valence-corrected chi connectivity index (χ0v) is 22.1. The van der Waals surface area contributed by atoms with E-state index < -0.39 is 62.9 Å². The lowest BCUT2D eigenvalue weighted by Crippen LogP contribution is -2.47. The van der Waals surface area contributed by atoms with E-state index in [1.807, 2.05) is 0 Å². The molecule has 0 spiro atoms. The Morgan fingerprint density at radius 3 is 2.21 bits per heavy atom. The minimum atomic E-state index is -5.08. The molecule has 1 N–H and O–H groups in total. The van der Waals surface area contributed by atoms with E-state index in [2.05, 4.69) is 9.46 Å². The zero-order chi connectivity index (χ0) is 29.2. The number of alkyl halides is 6. The van der Waals surface area contributed by atoms with Gasteiger partial charge in [0.1, 0.15) is 11.4 Å². The van der Waals surface area contributed by atoms with E-state index in [1.54, 1.807) is 20.8 Å². The molecule has 3 rings (SSSR count). The summed E-state index contributed by atoms with van der Waals surface area (Å²) in [7, 11) is -4.63. The number of nitrogens with zero attached hydrogens (tertiary/aromatic N) is 1. The summed E-state index contributed by atoms with van der Waals surface area (Å²) in [6.07, 6.45) is -5.33. The number of halogens is 6. The van der Waals surface area contributed by atoms with Crippen LogP contribution in [0, 0.1) is 0 Å². The van der Waals surface area contributed by atoms with Crippen molar-refractivity contribution in [3.05, 3.63) is 48.0 Å². The van der Waals surface area contributed by atoms with E-state index in [0.29, 0.717) is 6.07 Å². The number of amides is 1. The summed E-state index contributed by atoms with van der Waals surface area (Å²) in [4.78, 5) is 12.7. The number of hydrogen-bond acceptors (Lipinski definition) is 5. The molecule has 0 radical (unpaired) electrons. The van der Waals surface area contributed by atoms with Crippen LogP contribution >= 0.6 is 0 Å². The van der Waals surface area contributed by atoms with Crippen molar-refractivity contribution < 1.29 is 49.0 Å². The maximum absolute atomic E-state index is 14.7. The molecular weight excluding hydrogens is 554 g/mol. The van der Waals surface area contributed by atoms with Crippen molar-refractivity contribution in [3.8, 4) is 16.9 Å². The van der Waals surface area contributed by atoms with Crippen LogP contribution in [0.15, 0.2) is 47.4 Å². The topological polar surface area (TPSA) is 84.9 Å². The third-order valence-corrected chi connectivity index (χ3v) is 7.30. The van der Waals surface area contributed by atoms with Gasteiger partial charge in [0.05, 0.1) is 4.90 Å². The first-order valence-corrected chi connectivity index (χ1v) is 13.3. The number of piperidine rings is 1.